The van der Waals surface area contributed by atoms with Crippen molar-refractivity contribution in [1.29, 1.82) is 0 Å². The molecule has 3 N–H and O–H groups in total. The lowest BCUT2D eigenvalue weighted by Crippen LogP contribution is -2.31. The van der Waals surface area contributed by atoms with E-state index in [1.54, 1.807) is 36.1 Å². The van der Waals surface area contributed by atoms with E-state index in [-0.39, 0.29) is 11.8 Å². The Bertz CT molecular complexity index is 853. The van der Waals surface area contributed by atoms with Gasteiger partial charge in [0.2, 0.25) is 17.7 Å². The highest BCUT2D eigenvalue weighted by atomic mass is 32.2. The van der Waals surface area contributed by atoms with Crippen molar-refractivity contribution in [2.75, 3.05) is 24.2 Å². The van der Waals surface area contributed by atoms with Crippen molar-refractivity contribution in [2.24, 2.45) is 5.73 Å². The molecule has 0 aliphatic carbocycles. The molecule has 0 aliphatic rings. The third kappa shape index (κ3) is 7.02. The van der Waals surface area contributed by atoms with Crippen LogP contribution in [-0.2, 0) is 9.59 Å². The molecular formula is C18H23N5O3S3. The van der Waals surface area contributed by atoms with Gasteiger partial charge >= 0.3 is 0 Å². The number of thioether (sulfide) groups is 2. The van der Waals surface area contributed by atoms with Crippen LogP contribution in [0.4, 0.5) is 5.69 Å². The highest BCUT2D eigenvalue weighted by Crippen LogP contribution is 2.31. The van der Waals surface area contributed by atoms with Crippen LogP contribution < -0.4 is 11.1 Å². The maximum Gasteiger partial charge on any atom is 0.248 e. The SMILES string of the molecule is CCN(CC)C(=O)CSc1nnc(S[C@@H](C)C(=O)Nc2ccc(C(N)=O)cc2)s1. The second-order valence-electron chi connectivity index (χ2n) is 5.88. The molecule has 0 saturated heterocycles. The van der Waals surface area contributed by atoms with Gasteiger partial charge in [-0.2, -0.15) is 0 Å². The quantitative estimate of drug-likeness (QED) is 0.531. The van der Waals surface area contributed by atoms with Crippen LogP contribution in [0, 0.1) is 0 Å². The molecule has 3 amide bonds. The second-order valence-corrected chi connectivity index (χ2v) is 9.67. The van der Waals surface area contributed by atoms with Gasteiger partial charge < -0.3 is 16.0 Å². The number of carbonyl (C=O) groups is 3. The van der Waals surface area contributed by atoms with Crippen LogP contribution in [0.1, 0.15) is 31.1 Å². The predicted octanol–water partition coefficient (Wildman–Crippen LogP) is 2.72. The van der Waals surface area contributed by atoms with Crippen molar-refractivity contribution in [3.05, 3.63) is 29.8 Å². The van der Waals surface area contributed by atoms with Crippen molar-refractivity contribution >= 4 is 58.3 Å². The van der Waals surface area contributed by atoms with Gasteiger partial charge in [-0.25, -0.2) is 0 Å². The monoisotopic (exact) mass is 453 g/mol. The fourth-order valence-electron chi connectivity index (χ4n) is 2.26. The molecule has 1 heterocycles. The topological polar surface area (TPSA) is 118 Å². The summed E-state index contributed by atoms with van der Waals surface area (Å²) in [6, 6.07) is 6.37. The predicted molar refractivity (Wildman–Crippen MR) is 117 cm³/mol. The highest BCUT2D eigenvalue weighted by Gasteiger charge is 2.18. The molecular weight excluding hydrogens is 430 g/mol. The molecule has 0 saturated carbocycles. The van der Waals surface area contributed by atoms with Gasteiger partial charge in [0.25, 0.3) is 0 Å². The molecule has 11 heteroatoms. The number of nitrogens with two attached hydrogens (primary N) is 1. The van der Waals surface area contributed by atoms with Gasteiger partial charge in [-0.05, 0) is 45.0 Å². The smallest absolute Gasteiger partial charge is 0.248 e. The van der Waals surface area contributed by atoms with Gasteiger partial charge in [-0.3, -0.25) is 14.4 Å². The van der Waals surface area contributed by atoms with Gasteiger partial charge in [0.1, 0.15) is 0 Å². The van der Waals surface area contributed by atoms with Gasteiger partial charge in [0.05, 0.1) is 11.0 Å². The van der Waals surface area contributed by atoms with E-state index in [0.29, 0.717) is 38.8 Å². The molecule has 8 nitrogen and oxygen atoms in total. The summed E-state index contributed by atoms with van der Waals surface area (Å²) in [5, 5.41) is 10.6. The van der Waals surface area contributed by atoms with Crippen LogP contribution in [0.2, 0.25) is 0 Å². The number of amides is 3. The summed E-state index contributed by atoms with van der Waals surface area (Å²) in [6.07, 6.45) is 0. The van der Waals surface area contributed by atoms with E-state index >= 15 is 0 Å². The molecule has 0 fully saturated rings. The third-order valence-electron chi connectivity index (χ3n) is 3.91. The van der Waals surface area contributed by atoms with Crippen molar-refractivity contribution in [2.45, 2.75) is 34.7 Å². The van der Waals surface area contributed by atoms with Crippen molar-refractivity contribution < 1.29 is 14.4 Å². The molecule has 0 spiro atoms. The highest BCUT2D eigenvalue weighted by molar-refractivity contribution is 8.04. The van der Waals surface area contributed by atoms with E-state index in [9.17, 15) is 14.4 Å². The molecule has 29 heavy (non-hydrogen) atoms. The molecule has 0 unspecified atom stereocenters. The number of nitrogens with one attached hydrogen (secondary N) is 1. The maximum atomic E-state index is 12.4. The van der Waals surface area contributed by atoms with Gasteiger partial charge in [0.15, 0.2) is 8.68 Å². The van der Waals surface area contributed by atoms with Crippen LogP contribution in [0.5, 0.6) is 0 Å². The fourth-order valence-corrected chi connectivity index (χ4v) is 5.33. The number of benzene rings is 1. The summed E-state index contributed by atoms with van der Waals surface area (Å²) >= 11 is 4.01. The molecule has 0 bridgehead atoms. The number of hydrogen-bond donors (Lipinski definition) is 2. The van der Waals surface area contributed by atoms with Crippen LogP contribution in [0.15, 0.2) is 32.9 Å². The van der Waals surface area contributed by atoms with E-state index < -0.39 is 11.2 Å². The zero-order valence-corrected chi connectivity index (χ0v) is 18.8. The lowest BCUT2D eigenvalue weighted by Gasteiger charge is -2.17. The number of primary amides is 1. The minimum absolute atomic E-state index is 0.0690. The van der Waals surface area contributed by atoms with Gasteiger partial charge in [-0.15, -0.1) is 10.2 Å². The van der Waals surface area contributed by atoms with Crippen LogP contribution >= 0.6 is 34.9 Å². The van der Waals surface area contributed by atoms with E-state index in [0.717, 1.165) is 0 Å². The Morgan fingerprint density at radius 1 is 1.14 bits per heavy atom. The van der Waals surface area contributed by atoms with Gasteiger partial charge in [0, 0.05) is 24.3 Å². The van der Waals surface area contributed by atoms with Crippen LogP contribution in [-0.4, -0.2) is 56.9 Å². The summed E-state index contributed by atoms with van der Waals surface area (Å²) in [6.45, 7) is 7.04. The lowest BCUT2D eigenvalue weighted by atomic mass is 10.2. The first kappa shape index (κ1) is 23.2. The molecule has 1 atom stereocenters. The average molecular weight is 454 g/mol. The van der Waals surface area contributed by atoms with Crippen molar-refractivity contribution in [3.63, 3.8) is 0 Å². The van der Waals surface area contributed by atoms with Crippen molar-refractivity contribution in [3.8, 4) is 0 Å². The Morgan fingerprint density at radius 2 is 1.76 bits per heavy atom. The molecule has 2 rings (SSSR count). The first-order valence-electron chi connectivity index (χ1n) is 8.95. The molecule has 1 aromatic carbocycles. The number of carbonyl (C=O) groups excluding carboxylic acids is 3. The number of hydrogen-bond acceptors (Lipinski definition) is 8. The van der Waals surface area contributed by atoms with E-state index in [1.165, 1.54) is 34.9 Å². The standard InChI is InChI=1S/C18H23N5O3S3/c1-4-23(5-2)14(24)10-27-17-21-22-18(29-17)28-11(3)16(26)20-13-8-6-12(7-9-13)15(19)25/h6-9,11H,4-5,10H2,1-3H3,(H2,19,25)(H,20,26)/t11-/m0/s1. The second kappa shape index (κ2) is 11.2. The summed E-state index contributed by atoms with van der Waals surface area (Å²) in [5.74, 6) is -0.323. The molecule has 156 valence electrons. The van der Waals surface area contributed by atoms with Gasteiger partial charge in [-0.1, -0.05) is 34.9 Å². The largest absolute Gasteiger partial charge is 0.366 e. The maximum absolute atomic E-state index is 12.4. The Balaban J connectivity index is 1.85. The molecule has 1 aromatic heterocycles. The Morgan fingerprint density at radius 3 is 2.34 bits per heavy atom. The number of anilines is 1. The summed E-state index contributed by atoms with van der Waals surface area (Å²) in [7, 11) is 0. The minimum Gasteiger partial charge on any atom is -0.366 e. The summed E-state index contributed by atoms with van der Waals surface area (Å²) in [5.41, 5.74) is 6.16. The number of rotatable bonds is 10. The summed E-state index contributed by atoms with van der Waals surface area (Å²) in [4.78, 5) is 37.3. The average Bonchev–Trinajstić information content (AvgIpc) is 3.15. The zero-order chi connectivity index (χ0) is 21.4. The third-order valence-corrected chi connectivity index (χ3v) is 7.13. The molecule has 2 aromatic rings. The fraction of sp³-hybridized carbons (Fsp3) is 0.389. The Labute approximate surface area is 182 Å². The first-order valence-corrected chi connectivity index (χ1v) is 11.6. The number of nitrogens with zero attached hydrogens (tertiary/aromatic N) is 3. The first-order chi connectivity index (χ1) is 13.8. The van der Waals surface area contributed by atoms with Crippen molar-refractivity contribution in [1.82, 2.24) is 15.1 Å². The Kier molecular flexibility index (Phi) is 8.93. The Hall–Kier alpha value is -2.11. The molecule has 0 aliphatic heterocycles. The minimum atomic E-state index is -0.518. The molecule has 0 radical (unpaired) electrons. The van der Waals surface area contributed by atoms with Crippen LogP contribution in [0.3, 0.4) is 0 Å². The van der Waals surface area contributed by atoms with E-state index in [1.807, 2.05) is 13.8 Å². The lowest BCUT2D eigenvalue weighted by molar-refractivity contribution is -0.128. The zero-order valence-electron chi connectivity index (χ0n) is 16.4. The van der Waals surface area contributed by atoms with Crippen LogP contribution in [0.25, 0.3) is 0 Å². The van der Waals surface area contributed by atoms with E-state index in [2.05, 4.69) is 15.5 Å². The normalized spacial score (nSPS) is 11.7. The number of aromatic nitrogens is 2. The summed E-state index contributed by atoms with van der Waals surface area (Å²) < 4.78 is 1.36. The van der Waals surface area contributed by atoms with E-state index in [4.69, 9.17) is 5.73 Å².